The SMILES string of the molecule is Cc1ccc(S(=O)(=O)n2cc(-c3ccc(C(=O)N(C)C)c(C)c3)c3cc(Br)cnc32)cc1. The van der Waals surface area contributed by atoms with Crippen molar-refractivity contribution in [2.75, 3.05) is 14.1 Å². The van der Waals surface area contributed by atoms with Gasteiger partial charge in [0.05, 0.1) is 4.90 Å². The van der Waals surface area contributed by atoms with Crippen molar-refractivity contribution in [1.82, 2.24) is 13.9 Å². The lowest BCUT2D eigenvalue weighted by Crippen LogP contribution is -2.22. The van der Waals surface area contributed by atoms with Crippen LogP contribution in [0.4, 0.5) is 0 Å². The summed E-state index contributed by atoms with van der Waals surface area (Å²) in [5.41, 5.74) is 4.26. The van der Waals surface area contributed by atoms with Gasteiger partial charge in [0, 0.05) is 47.5 Å². The Kier molecular flexibility index (Phi) is 5.68. The molecule has 0 aliphatic carbocycles. The minimum atomic E-state index is -3.85. The molecule has 0 saturated heterocycles. The first-order valence-electron chi connectivity index (χ1n) is 9.91. The van der Waals surface area contributed by atoms with Gasteiger partial charge in [-0.15, -0.1) is 0 Å². The lowest BCUT2D eigenvalue weighted by molar-refractivity contribution is 0.0827. The van der Waals surface area contributed by atoms with Gasteiger partial charge >= 0.3 is 0 Å². The van der Waals surface area contributed by atoms with E-state index in [-0.39, 0.29) is 10.8 Å². The maximum absolute atomic E-state index is 13.4. The fraction of sp³-hybridized carbons (Fsp3) is 0.167. The third-order valence-electron chi connectivity index (χ3n) is 5.33. The molecule has 0 atom stereocenters. The molecule has 0 saturated carbocycles. The molecule has 4 aromatic rings. The van der Waals surface area contributed by atoms with Gasteiger partial charge in [0.25, 0.3) is 15.9 Å². The number of aromatic nitrogens is 2. The summed E-state index contributed by atoms with van der Waals surface area (Å²) >= 11 is 3.44. The Morgan fingerprint density at radius 1 is 1.03 bits per heavy atom. The lowest BCUT2D eigenvalue weighted by atomic mass is 9.99. The van der Waals surface area contributed by atoms with E-state index in [0.29, 0.717) is 16.6 Å². The van der Waals surface area contributed by atoms with Crippen molar-refractivity contribution < 1.29 is 13.2 Å². The minimum absolute atomic E-state index is 0.0807. The third kappa shape index (κ3) is 3.84. The van der Waals surface area contributed by atoms with Crippen LogP contribution in [0.2, 0.25) is 0 Å². The molecule has 6 nitrogen and oxygen atoms in total. The third-order valence-corrected chi connectivity index (χ3v) is 7.43. The van der Waals surface area contributed by atoms with Crippen molar-refractivity contribution >= 4 is 42.9 Å². The van der Waals surface area contributed by atoms with Gasteiger partial charge in [0.15, 0.2) is 5.65 Å². The predicted molar refractivity (Wildman–Crippen MR) is 129 cm³/mol. The number of pyridine rings is 1. The Balaban J connectivity index is 1.93. The first-order chi connectivity index (χ1) is 15.1. The van der Waals surface area contributed by atoms with Crippen LogP contribution in [-0.2, 0) is 10.0 Å². The van der Waals surface area contributed by atoms with Crippen molar-refractivity contribution in [3.05, 3.63) is 82.1 Å². The molecular weight excluding hydrogens is 490 g/mol. The Labute approximate surface area is 195 Å². The van der Waals surface area contributed by atoms with Crippen molar-refractivity contribution in [3.8, 4) is 11.1 Å². The molecule has 0 unspecified atom stereocenters. The smallest absolute Gasteiger partial charge is 0.269 e. The van der Waals surface area contributed by atoms with Gasteiger partial charge in [-0.05, 0) is 65.2 Å². The number of nitrogens with zero attached hydrogens (tertiary/aromatic N) is 3. The first-order valence-corrected chi connectivity index (χ1v) is 12.1. The van der Waals surface area contributed by atoms with Crippen molar-refractivity contribution in [1.29, 1.82) is 0 Å². The van der Waals surface area contributed by atoms with E-state index in [2.05, 4.69) is 20.9 Å². The lowest BCUT2D eigenvalue weighted by Gasteiger charge is -2.13. The number of amides is 1. The number of hydrogen-bond acceptors (Lipinski definition) is 4. The Morgan fingerprint density at radius 2 is 1.72 bits per heavy atom. The Bertz CT molecular complexity index is 1460. The summed E-state index contributed by atoms with van der Waals surface area (Å²) in [6, 6.07) is 14.1. The molecule has 2 aromatic carbocycles. The zero-order valence-corrected chi connectivity index (χ0v) is 20.5. The first kappa shape index (κ1) is 22.2. The van der Waals surface area contributed by atoms with E-state index in [1.54, 1.807) is 56.8 Å². The van der Waals surface area contributed by atoms with Crippen molar-refractivity contribution in [2.45, 2.75) is 18.7 Å². The van der Waals surface area contributed by atoms with Crippen LogP contribution in [0, 0.1) is 13.8 Å². The summed E-state index contributed by atoms with van der Waals surface area (Å²) in [6.07, 6.45) is 3.18. The molecule has 0 spiro atoms. The second kappa shape index (κ2) is 8.18. The number of halogens is 1. The number of hydrogen-bond donors (Lipinski definition) is 0. The monoisotopic (exact) mass is 511 g/mol. The topological polar surface area (TPSA) is 72.3 Å². The molecule has 2 aromatic heterocycles. The molecule has 32 heavy (non-hydrogen) atoms. The molecule has 0 N–H and O–H groups in total. The Morgan fingerprint density at radius 3 is 2.34 bits per heavy atom. The number of carbonyl (C=O) groups is 1. The highest BCUT2D eigenvalue weighted by Crippen LogP contribution is 2.34. The Hall–Kier alpha value is -2.97. The van der Waals surface area contributed by atoms with Gasteiger partial charge in [0.2, 0.25) is 0 Å². The van der Waals surface area contributed by atoms with Crippen LogP contribution in [-0.4, -0.2) is 42.3 Å². The van der Waals surface area contributed by atoms with Gasteiger partial charge in [-0.2, -0.15) is 0 Å². The fourth-order valence-corrected chi connectivity index (χ4v) is 5.26. The molecule has 8 heteroatoms. The van der Waals surface area contributed by atoms with E-state index in [4.69, 9.17) is 0 Å². The van der Waals surface area contributed by atoms with Gasteiger partial charge in [-0.1, -0.05) is 29.8 Å². The zero-order valence-electron chi connectivity index (χ0n) is 18.1. The second-order valence-corrected chi connectivity index (χ2v) is 10.6. The maximum Gasteiger partial charge on any atom is 0.269 e. The summed E-state index contributed by atoms with van der Waals surface area (Å²) in [5.74, 6) is -0.0807. The van der Waals surface area contributed by atoms with E-state index in [9.17, 15) is 13.2 Å². The van der Waals surface area contributed by atoms with Crippen molar-refractivity contribution in [2.24, 2.45) is 0 Å². The molecule has 4 rings (SSSR count). The zero-order chi connectivity index (χ0) is 23.2. The molecule has 0 fully saturated rings. The molecular formula is C24H22BrN3O3S. The van der Waals surface area contributed by atoms with Crippen LogP contribution < -0.4 is 0 Å². The summed E-state index contributed by atoms with van der Waals surface area (Å²) in [4.78, 5) is 18.5. The van der Waals surface area contributed by atoms with Crippen molar-refractivity contribution in [3.63, 3.8) is 0 Å². The van der Waals surface area contributed by atoms with Gasteiger partial charge < -0.3 is 4.90 Å². The van der Waals surface area contributed by atoms with Crippen LogP contribution >= 0.6 is 15.9 Å². The van der Waals surface area contributed by atoms with E-state index >= 15 is 0 Å². The van der Waals surface area contributed by atoms with Crippen LogP contribution in [0.25, 0.3) is 22.2 Å². The molecule has 1 amide bonds. The van der Waals surface area contributed by atoms with Crippen LogP contribution in [0.15, 0.2) is 70.3 Å². The summed E-state index contributed by atoms with van der Waals surface area (Å²) in [6.45, 7) is 3.78. The van der Waals surface area contributed by atoms with Gasteiger partial charge in [-0.25, -0.2) is 17.4 Å². The summed E-state index contributed by atoms with van der Waals surface area (Å²) in [7, 11) is -0.426. The van der Waals surface area contributed by atoms with Crippen LogP contribution in [0.1, 0.15) is 21.5 Å². The molecule has 0 aliphatic heterocycles. The van der Waals surface area contributed by atoms with E-state index in [1.165, 1.54) is 8.87 Å². The molecule has 0 aliphatic rings. The molecule has 0 bridgehead atoms. The number of rotatable bonds is 4. The molecule has 164 valence electrons. The maximum atomic E-state index is 13.4. The van der Waals surface area contributed by atoms with E-state index < -0.39 is 10.0 Å². The van der Waals surface area contributed by atoms with Gasteiger partial charge in [0.1, 0.15) is 0 Å². The normalized spacial score (nSPS) is 11.7. The fourth-order valence-electron chi connectivity index (χ4n) is 3.60. The standard InChI is InChI=1S/C24H22BrN3O3S/c1-15-5-8-19(9-6-15)32(30,31)28-14-22(21-12-18(25)13-26-23(21)28)17-7-10-20(16(2)11-17)24(29)27(3)4/h5-14H,1-4H3. The number of fused-ring (bicyclic) bond motifs is 1. The number of aryl methyl sites for hydroxylation is 2. The van der Waals surface area contributed by atoms with E-state index in [1.807, 2.05) is 32.0 Å². The minimum Gasteiger partial charge on any atom is -0.345 e. The van der Waals surface area contributed by atoms with Gasteiger partial charge in [-0.3, -0.25) is 4.79 Å². The largest absolute Gasteiger partial charge is 0.345 e. The average Bonchev–Trinajstić information content (AvgIpc) is 3.13. The second-order valence-electron chi connectivity index (χ2n) is 7.91. The number of carbonyl (C=O) groups excluding carboxylic acids is 1. The quantitative estimate of drug-likeness (QED) is 0.385. The highest BCUT2D eigenvalue weighted by molar-refractivity contribution is 9.10. The van der Waals surface area contributed by atoms with Crippen LogP contribution in [0.3, 0.4) is 0 Å². The summed E-state index contributed by atoms with van der Waals surface area (Å²) < 4.78 is 28.8. The van der Waals surface area contributed by atoms with Crippen LogP contribution in [0.5, 0.6) is 0 Å². The highest BCUT2D eigenvalue weighted by Gasteiger charge is 2.23. The van der Waals surface area contributed by atoms with E-state index in [0.717, 1.165) is 26.7 Å². The number of benzene rings is 2. The molecule has 2 heterocycles. The summed E-state index contributed by atoms with van der Waals surface area (Å²) in [5, 5.41) is 0.696. The predicted octanol–water partition coefficient (Wildman–Crippen LogP) is 5.02. The highest BCUT2D eigenvalue weighted by atomic mass is 79.9. The average molecular weight is 512 g/mol. The molecule has 0 radical (unpaired) electrons.